The molecule has 10 heavy (non-hydrogen) atoms. The molecule has 1 aliphatic carbocycles. The highest BCUT2D eigenvalue weighted by Crippen LogP contribution is 2.49. The van der Waals surface area contributed by atoms with Gasteiger partial charge < -0.3 is 4.74 Å². The van der Waals surface area contributed by atoms with Crippen LogP contribution in [0.5, 0.6) is 0 Å². The van der Waals surface area contributed by atoms with Crippen LogP contribution in [-0.4, -0.2) is 11.7 Å². The molecule has 1 saturated carbocycles. The normalized spacial score (nSPS) is 43.7. The first-order valence-corrected chi connectivity index (χ1v) is 3.92. The number of fused-ring (bicyclic) bond motifs is 1. The van der Waals surface area contributed by atoms with Crippen LogP contribution in [0, 0.1) is 11.3 Å². The Morgan fingerprint density at radius 2 is 2.50 bits per heavy atom. The minimum absolute atomic E-state index is 0.0347. The van der Waals surface area contributed by atoms with Gasteiger partial charge in [-0.15, -0.1) is 0 Å². The number of hydrogen-bond donors (Lipinski definition) is 0. The first-order chi connectivity index (χ1) is 4.87. The van der Waals surface area contributed by atoms with Gasteiger partial charge in [0.1, 0.15) is 5.60 Å². The van der Waals surface area contributed by atoms with E-state index in [1.807, 2.05) is 0 Å². The van der Waals surface area contributed by atoms with Crippen LogP contribution in [0.1, 0.15) is 32.1 Å². The molecule has 0 amide bonds. The summed E-state index contributed by atoms with van der Waals surface area (Å²) in [5, 5.41) is 8.48. The van der Waals surface area contributed by atoms with Gasteiger partial charge in [0.2, 0.25) is 0 Å². The molecule has 2 atom stereocenters. The molecule has 2 aliphatic rings. The fraction of sp³-hybridized carbons (Fsp3) is 0.875. The van der Waals surface area contributed by atoms with E-state index in [0.717, 1.165) is 6.42 Å². The van der Waals surface area contributed by atoms with Crippen LogP contribution in [0.2, 0.25) is 0 Å². The third-order valence-electron chi connectivity index (χ3n) is 2.60. The van der Waals surface area contributed by atoms with Crippen LogP contribution in [0.3, 0.4) is 0 Å². The monoisotopic (exact) mass is 137 g/mol. The first kappa shape index (κ1) is 6.18. The molecule has 0 aromatic rings. The maximum atomic E-state index is 8.48. The van der Waals surface area contributed by atoms with E-state index in [1.165, 1.54) is 19.3 Å². The van der Waals surface area contributed by atoms with Gasteiger partial charge >= 0.3 is 0 Å². The summed E-state index contributed by atoms with van der Waals surface area (Å²) >= 11 is 0. The second kappa shape index (κ2) is 1.96. The molecule has 54 valence electrons. The van der Waals surface area contributed by atoms with E-state index in [4.69, 9.17) is 10.00 Å². The minimum Gasteiger partial charge on any atom is -0.365 e. The van der Waals surface area contributed by atoms with Crippen molar-refractivity contribution in [3.8, 4) is 6.07 Å². The summed E-state index contributed by atoms with van der Waals surface area (Å²) in [6.45, 7) is 0. The molecule has 2 rings (SSSR count). The van der Waals surface area contributed by atoms with E-state index in [1.54, 1.807) is 0 Å². The Hall–Kier alpha value is -0.550. The quantitative estimate of drug-likeness (QED) is 0.515. The van der Waals surface area contributed by atoms with Gasteiger partial charge in [0.15, 0.2) is 0 Å². The maximum Gasteiger partial charge on any atom is 0.108 e. The number of nitriles is 1. The van der Waals surface area contributed by atoms with Gasteiger partial charge in [0, 0.05) is 0 Å². The summed E-state index contributed by atoms with van der Waals surface area (Å²) in [6.07, 6.45) is 5.89. The molecule has 1 saturated heterocycles. The summed E-state index contributed by atoms with van der Waals surface area (Å²) in [5.74, 6) is 0. The Morgan fingerprint density at radius 3 is 3.20 bits per heavy atom. The smallest absolute Gasteiger partial charge is 0.108 e. The summed E-state index contributed by atoms with van der Waals surface area (Å²) < 4.78 is 5.48. The van der Waals surface area contributed by atoms with E-state index in [9.17, 15) is 0 Å². The van der Waals surface area contributed by atoms with Crippen molar-refractivity contribution in [1.82, 2.24) is 0 Å². The SMILES string of the molecule is N#CCC12CCCCC1O2. The van der Waals surface area contributed by atoms with Gasteiger partial charge in [0.05, 0.1) is 18.6 Å². The maximum absolute atomic E-state index is 8.48. The molecular formula is C8H11NO. The lowest BCUT2D eigenvalue weighted by atomic mass is 9.87. The number of hydrogen-bond acceptors (Lipinski definition) is 2. The Labute approximate surface area is 60.8 Å². The second-order valence-corrected chi connectivity index (χ2v) is 3.25. The third-order valence-corrected chi connectivity index (χ3v) is 2.60. The molecule has 2 nitrogen and oxygen atoms in total. The van der Waals surface area contributed by atoms with Crippen LogP contribution >= 0.6 is 0 Å². The van der Waals surface area contributed by atoms with Crippen molar-refractivity contribution in [2.45, 2.75) is 43.8 Å². The van der Waals surface area contributed by atoms with Gasteiger partial charge in [-0.05, 0) is 12.8 Å². The fourth-order valence-corrected chi connectivity index (χ4v) is 1.92. The van der Waals surface area contributed by atoms with Crippen molar-refractivity contribution in [2.75, 3.05) is 0 Å². The van der Waals surface area contributed by atoms with Gasteiger partial charge in [-0.25, -0.2) is 0 Å². The zero-order valence-corrected chi connectivity index (χ0v) is 5.97. The highest BCUT2D eigenvalue weighted by molar-refractivity contribution is 5.09. The van der Waals surface area contributed by atoms with Crippen molar-refractivity contribution in [3.05, 3.63) is 0 Å². The average molecular weight is 137 g/mol. The van der Waals surface area contributed by atoms with Gasteiger partial charge in [-0.2, -0.15) is 5.26 Å². The Bertz CT molecular complexity index is 184. The first-order valence-electron chi connectivity index (χ1n) is 3.92. The summed E-state index contributed by atoms with van der Waals surface area (Å²) in [5.41, 5.74) is 0.0347. The second-order valence-electron chi connectivity index (χ2n) is 3.25. The molecule has 2 fully saturated rings. The molecule has 0 spiro atoms. The lowest BCUT2D eigenvalue weighted by molar-refractivity contribution is 0.289. The van der Waals surface area contributed by atoms with Crippen LogP contribution in [0.25, 0.3) is 0 Å². The topological polar surface area (TPSA) is 36.3 Å². The lowest BCUT2D eigenvalue weighted by Crippen LogP contribution is -2.18. The lowest BCUT2D eigenvalue weighted by Gasteiger charge is -2.12. The Morgan fingerprint density at radius 1 is 1.60 bits per heavy atom. The van der Waals surface area contributed by atoms with Gasteiger partial charge in [-0.1, -0.05) is 12.8 Å². The zero-order chi connectivity index (χ0) is 7.03. The molecule has 2 heteroatoms. The molecule has 1 aliphatic heterocycles. The van der Waals surface area contributed by atoms with E-state index in [2.05, 4.69) is 6.07 Å². The van der Waals surface area contributed by atoms with Crippen molar-refractivity contribution >= 4 is 0 Å². The van der Waals surface area contributed by atoms with Gasteiger partial charge in [0.25, 0.3) is 0 Å². The van der Waals surface area contributed by atoms with E-state index in [0.29, 0.717) is 12.5 Å². The van der Waals surface area contributed by atoms with Crippen molar-refractivity contribution in [3.63, 3.8) is 0 Å². The van der Waals surface area contributed by atoms with Gasteiger partial charge in [-0.3, -0.25) is 0 Å². The van der Waals surface area contributed by atoms with Crippen LogP contribution in [0.15, 0.2) is 0 Å². The van der Waals surface area contributed by atoms with Crippen LogP contribution < -0.4 is 0 Å². The number of nitrogens with zero attached hydrogens (tertiary/aromatic N) is 1. The Kier molecular flexibility index (Phi) is 1.21. The standard InChI is InChI=1S/C8H11NO/c9-6-5-8-4-2-1-3-7(8)10-8/h7H,1-5H2. The Balaban J connectivity index is 2.00. The predicted molar refractivity (Wildman–Crippen MR) is 36.3 cm³/mol. The molecule has 0 bridgehead atoms. The predicted octanol–water partition coefficient (Wildman–Crippen LogP) is 1.61. The molecule has 2 unspecified atom stereocenters. The van der Waals surface area contributed by atoms with E-state index < -0.39 is 0 Å². The number of ether oxygens (including phenoxy) is 1. The number of rotatable bonds is 1. The highest BCUT2D eigenvalue weighted by Gasteiger charge is 2.56. The molecular weight excluding hydrogens is 126 g/mol. The van der Waals surface area contributed by atoms with Crippen LogP contribution in [-0.2, 0) is 4.74 Å². The molecule has 0 aromatic carbocycles. The number of epoxide rings is 1. The third kappa shape index (κ3) is 0.741. The van der Waals surface area contributed by atoms with Crippen LogP contribution in [0.4, 0.5) is 0 Å². The molecule has 0 aromatic heterocycles. The van der Waals surface area contributed by atoms with E-state index >= 15 is 0 Å². The zero-order valence-electron chi connectivity index (χ0n) is 5.97. The fourth-order valence-electron chi connectivity index (χ4n) is 1.92. The van der Waals surface area contributed by atoms with Crippen molar-refractivity contribution in [2.24, 2.45) is 0 Å². The summed E-state index contributed by atoms with van der Waals surface area (Å²) in [7, 11) is 0. The molecule has 1 heterocycles. The average Bonchev–Trinajstić information content (AvgIpc) is 2.62. The summed E-state index contributed by atoms with van der Waals surface area (Å²) in [6, 6.07) is 2.19. The largest absolute Gasteiger partial charge is 0.365 e. The minimum atomic E-state index is 0.0347. The van der Waals surface area contributed by atoms with E-state index in [-0.39, 0.29) is 5.60 Å². The molecule has 0 radical (unpaired) electrons. The van der Waals surface area contributed by atoms with Crippen molar-refractivity contribution in [1.29, 1.82) is 5.26 Å². The van der Waals surface area contributed by atoms with Crippen molar-refractivity contribution < 1.29 is 4.74 Å². The molecule has 0 N–H and O–H groups in total. The summed E-state index contributed by atoms with van der Waals surface area (Å²) in [4.78, 5) is 0. The highest BCUT2D eigenvalue weighted by atomic mass is 16.6.